The summed E-state index contributed by atoms with van der Waals surface area (Å²) in [4.78, 5) is 17.6. The number of rotatable bonds is 4. The monoisotopic (exact) mass is 283 g/mol. The lowest BCUT2D eigenvalue weighted by atomic mass is 10.1. The number of aromatic nitrogens is 1. The lowest BCUT2D eigenvalue weighted by Crippen LogP contribution is -2.03. The first-order valence-corrected chi connectivity index (χ1v) is 7.50. The highest BCUT2D eigenvalue weighted by atomic mass is 32.2. The van der Waals surface area contributed by atoms with Crippen LogP contribution in [0.4, 0.5) is 0 Å². The number of fused-ring (bicyclic) bond motifs is 1. The van der Waals surface area contributed by atoms with Crippen LogP contribution in [0.25, 0.3) is 11.1 Å². The van der Waals surface area contributed by atoms with Crippen molar-refractivity contribution in [1.29, 1.82) is 0 Å². The number of ketones is 1. The summed E-state index contributed by atoms with van der Waals surface area (Å²) in [7, 11) is 0. The van der Waals surface area contributed by atoms with Gasteiger partial charge in [0.05, 0.1) is 6.42 Å². The molecule has 0 unspecified atom stereocenters. The topological polar surface area (TPSA) is 43.1 Å². The number of para-hydroxylation sites is 2. The molecule has 0 saturated carbocycles. The fraction of sp³-hybridized carbons (Fsp3) is 0.125. The molecule has 4 heteroatoms. The molecule has 0 aliphatic heterocycles. The van der Waals surface area contributed by atoms with Gasteiger partial charge < -0.3 is 4.42 Å². The number of thioether (sulfide) groups is 1. The minimum Gasteiger partial charge on any atom is -0.440 e. The number of benzene rings is 2. The van der Waals surface area contributed by atoms with E-state index in [1.54, 1.807) is 11.8 Å². The second-order valence-electron chi connectivity index (χ2n) is 4.40. The van der Waals surface area contributed by atoms with Crippen molar-refractivity contribution in [1.82, 2.24) is 4.98 Å². The van der Waals surface area contributed by atoms with Gasteiger partial charge in [-0.3, -0.25) is 4.79 Å². The van der Waals surface area contributed by atoms with Crippen LogP contribution in [0, 0.1) is 0 Å². The fourth-order valence-corrected chi connectivity index (χ4v) is 2.42. The van der Waals surface area contributed by atoms with Crippen LogP contribution in [0.2, 0.25) is 0 Å². The van der Waals surface area contributed by atoms with Crippen LogP contribution in [0.1, 0.15) is 16.2 Å². The van der Waals surface area contributed by atoms with Gasteiger partial charge in [-0.15, -0.1) is 11.8 Å². The first-order chi connectivity index (χ1) is 9.76. The summed E-state index contributed by atoms with van der Waals surface area (Å²) in [6, 6.07) is 15.1. The van der Waals surface area contributed by atoms with Crippen molar-refractivity contribution in [2.75, 3.05) is 6.26 Å². The zero-order chi connectivity index (χ0) is 13.9. The van der Waals surface area contributed by atoms with Crippen molar-refractivity contribution < 1.29 is 9.21 Å². The van der Waals surface area contributed by atoms with Gasteiger partial charge in [0.2, 0.25) is 5.89 Å². The van der Waals surface area contributed by atoms with Gasteiger partial charge in [-0.25, -0.2) is 4.98 Å². The molecule has 2 aromatic carbocycles. The van der Waals surface area contributed by atoms with Crippen LogP contribution in [-0.2, 0) is 6.42 Å². The average molecular weight is 283 g/mol. The number of hydrogen-bond donors (Lipinski definition) is 0. The number of nitrogens with zero attached hydrogens (tertiary/aromatic N) is 1. The Kier molecular flexibility index (Phi) is 3.56. The number of oxazole rings is 1. The highest BCUT2D eigenvalue weighted by molar-refractivity contribution is 7.98. The summed E-state index contributed by atoms with van der Waals surface area (Å²) < 4.78 is 5.57. The van der Waals surface area contributed by atoms with Gasteiger partial charge in [-0.1, -0.05) is 24.3 Å². The van der Waals surface area contributed by atoms with Crippen molar-refractivity contribution >= 4 is 28.6 Å². The van der Waals surface area contributed by atoms with Crippen LogP contribution in [0.15, 0.2) is 57.8 Å². The lowest BCUT2D eigenvalue weighted by Gasteiger charge is -2.00. The Labute approximate surface area is 121 Å². The Morgan fingerprint density at radius 3 is 2.60 bits per heavy atom. The van der Waals surface area contributed by atoms with Crippen molar-refractivity contribution in [3.05, 3.63) is 60.0 Å². The van der Waals surface area contributed by atoms with E-state index in [2.05, 4.69) is 4.98 Å². The standard InChI is InChI=1S/C16H13NO2S/c1-20-12-8-6-11(7-9-12)14(18)10-16-17-13-4-2-3-5-15(13)19-16/h2-9H,10H2,1H3. The molecule has 0 atom stereocenters. The second kappa shape index (κ2) is 5.51. The molecule has 1 aromatic heterocycles. The zero-order valence-corrected chi connectivity index (χ0v) is 11.8. The summed E-state index contributed by atoms with van der Waals surface area (Å²) in [5, 5.41) is 0. The van der Waals surface area contributed by atoms with E-state index < -0.39 is 0 Å². The molecule has 3 aromatic rings. The van der Waals surface area contributed by atoms with Gasteiger partial charge in [0, 0.05) is 10.5 Å². The highest BCUT2D eigenvalue weighted by Gasteiger charge is 2.12. The summed E-state index contributed by atoms with van der Waals surface area (Å²) in [6.07, 6.45) is 2.20. The maximum Gasteiger partial charge on any atom is 0.203 e. The van der Waals surface area contributed by atoms with E-state index in [0.29, 0.717) is 17.0 Å². The predicted octanol–water partition coefficient (Wildman–Crippen LogP) is 3.98. The molecule has 3 nitrogen and oxygen atoms in total. The van der Waals surface area contributed by atoms with Crippen LogP contribution in [0.5, 0.6) is 0 Å². The normalized spacial score (nSPS) is 10.8. The van der Waals surface area contributed by atoms with E-state index in [-0.39, 0.29) is 12.2 Å². The molecule has 0 radical (unpaired) electrons. The minimum absolute atomic E-state index is 0.0178. The van der Waals surface area contributed by atoms with Gasteiger partial charge in [0.25, 0.3) is 0 Å². The van der Waals surface area contributed by atoms with Crippen LogP contribution in [-0.4, -0.2) is 17.0 Å². The summed E-state index contributed by atoms with van der Waals surface area (Å²) in [5.74, 6) is 0.481. The molecule has 1 heterocycles. The quantitative estimate of drug-likeness (QED) is 0.536. The SMILES string of the molecule is CSc1ccc(C(=O)Cc2nc3ccccc3o2)cc1. The van der Waals surface area contributed by atoms with Crippen LogP contribution >= 0.6 is 11.8 Å². The number of carbonyl (C=O) groups excluding carboxylic acids is 1. The Morgan fingerprint density at radius 1 is 1.15 bits per heavy atom. The van der Waals surface area contributed by atoms with Crippen molar-refractivity contribution in [2.24, 2.45) is 0 Å². The number of Topliss-reactive ketones (excluding diaryl/α,β-unsaturated/α-hetero) is 1. The van der Waals surface area contributed by atoms with E-state index >= 15 is 0 Å². The van der Waals surface area contributed by atoms with Gasteiger partial charge in [0.1, 0.15) is 5.52 Å². The molecule has 0 N–H and O–H groups in total. The first-order valence-electron chi connectivity index (χ1n) is 6.28. The summed E-state index contributed by atoms with van der Waals surface area (Å²) >= 11 is 1.65. The third-order valence-electron chi connectivity index (χ3n) is 3.06. The third-order valence-corrected chi connectivity index (χ3v) is 3.81. The molecular weight excluding hydrogens is 270 g/mol. The zero-order valence-electron chi connectivity index (χ0n) is 11.0. The smallest absolute Gasteiger partial charge is 0.203 e. The maximum atomic E-state index is 12.2. The Hall–Kier alpha value is -2.07. The van der Waals surface area contributed by atoms with Crippen LogP contribution in [0.3, 0.4) is 0 Å². The van der Waals surface area contributed by atoms with Crippen LogP contribution < -0.4 is 0 Å². The van der Waals surface area contributed by atoms with Gasteiger partial charge in [-0.05, 0) is 30.5 Å². The Balaban J connectivity index is 1.80. The van der Waals surface area contributed by atoms with Crippen molar-refractivity contribution in [2.45, 2.75) is 11.3 Å². The molecule has 0 aliphatic carbocycles. The molecule has 0 spiro atoms. The average Bonchev–Trinajstić information content (AvgIpc) is 2.89. The molecule has 3 rings (SSSR count). The largest absolute Gasteiger partial charge is 0.440 e. The van der Waals surface area contributed by atoms with E-state index in [0.717, 1.165) is 10.4 Å². The highest BCUT2D eigenvalue weighted by Crippen LogP contribution is 2.18. The fourth-order valence-electron chi connectivity index (χ4n) is 2.01. The van der Waals surface area contributed by atoms with Gasteiger partial charge in [-0.2, -0.15) is 0 Å². The Morgan fingerprint density at radius 2 is 1.90 bits per heavy atom. The molecule has 100 valence electrons. The third kappa shape index (κ3) is 2.60. The summed E-state index contributed by atoms with van der Waals surface area (Å²) in [5.41, 5.74) is 2.19. The van der Waals surface area contributed by atoms with E-state index in [1.165, 1.54) is 0 Å². The number of hydrogen-bond acceptors (Lipinski definition) is 4. The molecule has 20 heavy (non-hydrogen) atoms. The lowest BCUT2D eigenvalue weighted by molar-refractivity contribution is 0.0986. The second-order valence-corrected chi connectivity index (χ2v) is 5.28. The molecular formula is C16H13NO2S. The molecule has 0 saturated heterocycles. The maximum absolute atomic E-state index is 12.2. The number of carbonyl (C=O) groups is 1. The van der Waals surface area contributed by atoms with Crippen molar-refractivity contribution in [3.63, 3.8) is 0 Å². The van der Waals surface area contributed by atoms with Crippen molar-refractivity contribution in [3.8, 4) is 0 Å². The van der Waals surface area contributed by atoms with E-state index in [1.807, 2.05) is 54.8 Å². The van der Waals surface area contributed by atoms with Gasteiger partial charge in [0.15, 0.2) is 11.4 Å². The molecule has 0 bridgehead atoms. The van der Waals surface area contributed by atoms with E-state index in [4.69, 9.17) is 4.42 Å². The predicted molar refractivity (Wildman–Crippen MR) is 80.3 cm³/mol. The minimum atomic E-state index is 0.0178. The van der Waals surface area contributed by atoms with Gasteiger partial charge >= 0.3 is 0 Å². The molecule has 0 aliphatic rings. The molecule has 0 fully saturated rings. The first kappa shape index (κ1) is 12.9. The Bertz CT molecular complexity index is 714. The van der Waals surface area contributed by atoms with E-state index in [9.17, 15) is 4.79 Å². The summed E-state index contributed by atoms with van der Waals surface area (Å²) in [6.45, 7) is 0. The molecule has 0 amide bonds.